The number of benzene rings is 2. The highest BCUT2D eigenvalue weighted by atomic mass is 16.5. The van der Waals surface area contributed by atoms with Crippen molar-refractivity contribution in [1.82, 2.24) is 4.98 Å². The molecule has 2 aromatic carbocycles. The number of rotatable bonds is 8. The fourth-order valence-electron chi connectivity index (χ4n) is 2.70. The summed E-state index contributed by atoms with van der Waals surface area (Å²) in [7, 11) is 1.56. The molecule has 0 N–H and O–H groups in total. The number of nitrogens with zero attached hydrogens (tertiary/aromatic N) is 1. The normalized spacial score (nSPS) is 10.6. The van der Waals surface area contributed by atoms with Gasteiger partial charge in [-0.3, -0.25) is 0 Å². The summed E-state index contributed by atoms with van der Waals surface area (Å²) in [5.41, 5.74) is 2.11. The second-order valence-corrected chi connectivity index (χ2v) is 6.12. The molecular formula is C22H23NO4. The topological polar surface area (TPSA) is 57.7 Å². The molecule has 0 spiro atoms. The first-order valence-electron chi connectivity index (χ1n) is 9.04. The summed E-state index contributed by atoms with van der Waals surface area (Å²) in [4.78, 5) is 16.9. The first-order valence-corrected chi connectivity index (χ1v) is 9.04. The van der Waals surface area contributed by atoms with E-state index >= 15 is 0 Å². The molecule has 140 valence electrons. The molecular weight excluding hydrogens is 342 g/mol. The lowest BCUT2D eigenvalue weighted by Crippen LogP contribution is -2.08. The number of ether oxygens (including phenoxy) is 3. The standard InChI is InChI=1S/C22H23NO4/c1-3-4-14-26-22(24)18-10-12-19(27-15-16-8-6-5-7-9-16)21-17(18)11-13-20(23-21)25-2/h5-13H,3-4,14-15H2,1-2H3. The lowest BCUT2D eigenvalue weighted by molar-refractivity contribution is 0.0502. The van der Waals surface area contributed by atoms with E-state index in [1.807, 2.05) is 36.4 Å². The number of esters is 1. The van der Waals surface area contributed by atoms with Gasteiger partial charge in [-0.2, -0.15) is 0 Å². The van der Waals surface area contributed by atoms with Crippen molar-refractivity contribution in [1.29, 1.82) is 0 Å². The van der Waals surface area contributed by atoms with Crippen LogP contribution in [0, 0.1) is 0 Å². The number of hydrogen-bond donors (Lipinski definition) is 0. The van der Waals surface area contributed by atoms with Gasteiger partial charge < -0.3 is 14.2 Å². The predicted molar refractivity (Wildman–Crippen MR) is 104 cm³/mol. The van der Waals surface area contributed by atoms with Crippen LogP contribution in [0.5, 0.6) is 11.6 Å². The zero-order chi connectivity index (χ0) is 19.1. The van der Waals surface area contributed by atoms with Crippen LogP contribution in [0.3, 0.4) is 0 Å². The van der Waals surface area contributed by atoms with E-state index in [0.717, 1.165) is 18.4 Å². The molecule has 0 atom stereocenters. The van der Waals surface area contributed by atoms with Crippen LogP contribution in [-0.2, 0) is 11.3 Å². The fraction of sp³-hybridized carbons (Fsp3) is 0.273. The minimum atomic E-state index is -0.352. The van der Waals surface area contributed by atoms with Gasteiger partial charge in [0.1, 0.15) is 17.9 Å². The molecule has 0 unspecified atom stereocenters. The van der Waals surface area contributed by atoms with Gasteiger partial charge >= 0.3 is 5.97 Å². The van der Waals surface area contributed by atoms with Crippen molar-refractivity contribution in [3.8, 4) is 11.6 Å². The number of unbranched alkanes of at least 4 members (excludes halogenated alkanes) is 1. The summed E-state index contributed by atoms with van der Waals surface area (Å²) in [6, 6.07) is 16.9. The molecule has 0 amide bonds. The van der Waals surface area contributed by atoms with Gasteiger partial charge in [0.25, 0.3) is 0 Å². The molecule has 1 heterocycles. The zero-order valence-corrected chi connectivity index (χ0v) is 15.6. The van der Waals surface area contributed by atoms with Gasteiger partial charge in [-0.1, -0.05) is 43.7 Å². The number of carbonyl (C=O) groups excluding carboxylic acids is 1. The molecule has 3 aromatic rings. The first kappa shape index (κ1) is 18.7. The maximum Gasteiger partial charge on any atom is 0.338 e. The lowest BCUT2D eigenvalue weighted by Gasteiger charge is -2.13. The Bertz CT molecular complexity index is 909. The Morgan fingerprint density at radius 1 is 1.04 bits per heavy atom. The van der Waals surface area contributed by atoms with Gasteiger partial charge in [0.05, 0.1) is 19.3 Å². The van der Waals surface area contributed by atoms with Crippen molar-refractivity contribution < 1.29 is 19.0 Å². The Labute approximate surface area is 158 Å². The molecule has 0 saturated heterocycles. The van der Waals surface area contributed by atoms with Crippen molar-refractivity contribution in [2.24, 2.45) is 0 Å². The van der Waals surface area contributed by atoms with Crippen LogP contribution < -0.4 is 9.47 Å². The molecule has 5 nitrogen and oxygen atoms in total. The summed E-state index contributed by atoms with van der Waals surface area (Å²) in [5, 5.41) is 0.683. The molecule has 0 fully saturated rings. The van der Waals surface area contributed by atoms with E-state index in [1.165, 1.54) is 0 Å². The smallest absolute Gasteiger partial charge is 0.338 e. The van der Waals surface area contributed by atoms with Crippen molar-refractivity contribution in [2.45, 2.75) is 26.4 Å². The second kappa shape index (κ2) is 9.03. The first-order chi connectivity index (χ1) is 13.2. The second-order valence-electron chi connectivity index (χ2n) is 6.12. The van der Waals surface area contributed by atoms with E-state index in [4.69, 9.17) is 14.2 Å². The highest BCUT2D eigenvalue weighted by molar-refractivity contribution is 6.05. The zero-order valence-electron chi connectivity index (χ0n) is 15.6. The summed E-state index contributed by atoms with van der Waals surface area (Å²) in [6.45, 7) is 2.88. The molecule has 0 aliphatic rings. The molecule has 0 saturated carbocycles. The van der Waals surface area contributed by atoms with E-state index in [0.29, 0.717) is 41.3 Å². The van der Waals surface area contributed by atoms with Gasteiger partial charge in [0.15, 0.2) is 0 Å². The summed E-state index contributed by atoms with van der Waals surface area (Å²) >= 11 is 0. The van der Waals surface area contributed by atoms with Crippen molar-refractivity contribution in [3.05, 3.63) is 65.7 Å². The predicted octanol–water partition coefficient (Wildman–Crippen LogP) is 4.78. The van der Waals surface area contributed by atoms with Crippen LogP contribution in [0.2, 0.25) is 0 Å². The third kappa shape index (κ3) is 4.56. The van der Waals surface area contributed by atoms with Gasteiger partial charge in [0, 0.05) is 11.5 Å². The van der Waals surface area contributed by atoms with E-state index in [-0.39, 0.29) is 5.97 Å². The van der Waals surface area contributed by atoms with E-state index in [2.05, 4.69) is 11.9 Å². The molecule has 27 heavy (non-hydrogen) atoms. The minimum absolute atomic E-state index is 0.352. The van der Waals surface area contributed by atoms with E-state index < -0.39 is 0 Å². The van der Waals surface area contributed by atoms with Crippen LogP contribution in [0.1, 0.15) is 35.7 Å². The van der Waals surface area contributed by atoms with Crippen LogP contribution in [0.15, 0.2) is 54.6 Å². The van der Waals surface area contributed by atoms with Crippen LogP contribution in [0.4, 0.5) is 0 Å². The molecule has 0 radical (unpaired) electrons. The van der Waals surface area contributed by atoms with Crippen molar-refractivity contribution in [2.75, 3.05) is 13.7 Å². The lowest BCUT2D eigenvalue weighted by atomic mass is 10.1. The average Bonchev–Trinajstić information content (AvgIpc) is 2.72. The summed E-state index contributed by atoms with van der Waals surface area (Å²) < 4.78 is 16.6. The maximum absolute atomic E-state index is 12.5. The third-order valence-corrected chi connectivity index (χ3v) is 4.19. The number of pyridine rings is 1. The SMILES string of the molecule is CCCCOC(=O)c1ccc(OCc2ccccc2)c2nc(OC)ccc12. The maximum atomic E-state index is 12.5. The molecule has 0 aliphatic carbocycles. The Morgan fingerprint density at radius 3 is 2.59 bits per heavy atom. The molecule has 3 rings (SSSR count). The molecule has 0 bridgehead atoms. The number of aromatic nitrogens is 1. The van der Waals surface area contributed by atoms with Crippen LogP contribution in [-0.4, -0.2) is 24.7 Å². The van der Waals surface area contributed by atoms with E-state index in [9.17, 15) is 4.79 Å². The number of fused-ring (bicyclic) bond motifs is 1. The summed E-state index contributed by atoms with van der Waals surface area (Å²) in [5.74, 6) is 0.705. The van der Waals surface area contributed by atoms with Crippen LogP contribution >= 0.6 is 0 Å². The summed E-state index contributed by atoms with van der Waals surface area (Å²) in [6.07, 6.45) is 1.81. The van der Waals surface area contributed by atoms with Gasteiger partial charge in [-0.05, 0) is 30.2 Å². The number of carbonyl (C=O) groups is 1. The largest absolute Gasteiger partial charge is 0.487 e. The molecule has 1 aromatic heterocycles. The van der Waals surface area contributed by atoms with Crippen molar-refractivity contribution >= 4 is 16.9 Å². The van der Waals surface area contributed by atoms with Gasteiger partial charge in [-0.15, -0.1) is 0 Å². The highest BCUT2D eigenvalue weighted by Gasteiger charge is 2.16. The van der Waals surface area contributed by atoms with Gasteiger partial charge in [0.2, 0.25) is 5.88 Å². The Hall–Kier alpha value is -3.08. The third-order valence-electron chi connectivity index (χ3n) is 4.19. The quantitative estimate of drug-likeness (QED) is 0.425. The Morgan fingerprint density at radius 2 is 1.85 bits per heavy atom. The average molecular weight is 365 g/mol. The van der Waals surface area contributed by atoms with E-state index in [1.54, 1.807) is 25.3 Å². The number of hydrogen-bond acceptors (Lipinski definition) is 5. The molecule has 0 aliphatic heterocycles. The Balaban J connectivity index is 1.92. The number of methoxy groups -OCH3 is 1. The molecule has 5 heteroatoms. The van der Waals surface area contributed by atoms with Crippen molar-refractivity contribution in [3.63, 3.8) is 0 Å². The Kier molecular flexibility index (Phi) is 6.26. The fourth-order valence-corrected chi connectivity index (χ4v) is 2.70. The van der Waals surface area contributed by atoms with Gasteiger partial charge in [-0.25, -0.2) is 9.78 Å². The monoisotopic (exact) mass is 365 g/mol. The highest BCUT2D eigenvalue weighted by Crippen LogP contribution is 2.30. The minimum Gasteiger partial charge on any atom is -0.487 e. The van der Waals surface area contributed by atoms with Crippen LogP contribution in [0.25, 0.3) is 10.9 Å².